The number of carbonyl (C=O) groups excluding carboxylic acids is 1. The van der Waals surface area contributed by atoms with Crippen LogP contribution in [0.4, 0.5) is 5.82 Å². The first-order valence-electron chi connectivity index (χ1n) is 7.24. The number of amides is 1. The Bertz CT molecular complexity index is 538. The van der Waals surface area contributed by atoms with E-state index in [9.17, 15) is 4.79 Å². The first-order valence-corrected chi connectivity index (χ1v) is 7.24. The molecule has 0 bridgehead atoms. The highest BCUT2D eigenvalue weighted by Gasteiger charge is 2.54. The van der Waals surface area contributed by atoms with Gasteiger partial charge >= 0.3 is 0 Å². The van der Waals surface area contributed by atoms with Crippen LogP contribution >= 0.6 is 0 Å². The van der Waals surface area contributed by atoms with E-state index >= 15 is 0 Å². The van der Waals surface area contributed by atoms with E-state index in [0.717, 1.165) is 30.8 Å². The van der Waals surface area contributed by atoms with Crippen molar-refractivity contribution in [2.45, 2.75) is 57.8 Å². The minimum Gasteiger partial charge on any atom is -0.296 e. The van der Waals surface area contributed by atoms with E-state index in [1.54, 1.807) is 0 Å². The van der Waals surface area contributed by atoms with Gasteiger partial charge in [-0.2, -0.15) is 0 Å². The van der Waals surface area contributed by atoms with Crippen LogP contribution in [0.15, 0.2) is 12.1 Å². The Morgan fingerprint density at radius 2 is 2.00 bits per heavy atom. The zero-order valence-corrected chi connectivity index (χ0v) is 12.3. The van der Waals surface area contributed by atoms with Crippen LogP contribution in [0.3, 0.4) is 0 Å². The van der Waals surface area contributed by atoms with Crippen LogP contribution in [0.1, 0.15) is 58.2 Å². The third-order valence-corrected chi connectivity index (χ3v) is 4.59. The molecule has 19 heavy (non-hydrogen) atoms. The average Bonchev–Trinajstić information content (AvgIpc) is 2.54. The second kappa shape index (κ2) is 3.81. The first-order chi connectivity index (χ1) is 8.90. The first kappa shape index (κ1) is 12.6. The summed E-state index contributed by atoms with van der Waals surface area (Å²) in [6.45, 7) is 9.23. The molecule has 2 heterocycles. The lowest BCUT2D eigenvalue weighted by molar-refractivity contribution is -0.125. The highest BCUT2D eigenvalue weighted by Crippen LogP contribution is 2.52. The molecule has 1 aliphatic carbocycles. The lowest BCUT2D eigenvalue weighted by atomic mass is 9.65. The fraction of sp³-hybridized carbons (Fsp3) is 0.625. The van der Waals surface area contributed by atoms with Crippen LogP contribution in [0.2, 0.25) is 0 Å². The van der Waals surface area contributed by atoms with Gasteiger partial charge in [0.25, 0.3) is 0 Å². The van der Waals surface area contributed by atoms with Crippen molar-refractivity contribution in [2.75, 3.05) is 11.4 Å². The number of rotatable bonds is 1. The average molecular weight is 258 g/mol. The molecule has 0 radical (unpaired) electrons. The number of pyridine rings is 1. The number of carbonyl (C=O) groups is 1. The Morgan fingerprint density at radius 3 is 2.47 bits per heavy atom. The van der Waals surface area contributed by atoms with E-state index in [1.807, 2.05) is 11.8 Å². The predicted molar refractivity (Wildman–Crippen MR) is 76.5 cm³/mol. The van der Waals surface area contributed by atoms with Crippen LogP contribution in [-0.2, 0) is 15.6 Å². The molecule has 1 aromatic heterocycles. The molecule has 0 atom stereocenters. The number of hydrogen-bond acceptors (Lipinski definition) is 2. The van der Waals surface area contributed by atoms with E-state index in [4.69, 9.17) is 4.98 Å². The molecule has 0 aromatic carbocycles. The van der Waals surface area contributed by atoms with Gasteiger partial charge in [0.15, 0.2) is 0 Å². The Hall–Kier alpha value is -1.38. The van der Waals surface area contributed by atoms with Gasteiger partial charge in [-0.15, -0.1) is 0 Å². The van der Waals surface area contributed by atoms with Gasteiger partial charge in [0, 0.05) is 23.2 Å². The van der Waals surface area contributed by atoms with Gasteiger partial charge in [-0.3, -0.25) is 9.69 Å². The van der Waals surface area contributed by atoms with Crippen molar-refractivity contribution in [1.29, 1.82) is 0 Å². The molecule has 0 saturated heterocycles. The zero-order valence-electron chi connectivity index (χ0n) is 12.3. The number of hydrogen-bond donors (Lipinski definition) is 0. The summed E-state index contributed by atoms with van der Waals surface area (Å²) in [4.78, 5) is 19.3. The van der Waals surface area contributed by atoms with Crippen molar-refractivity contribution < 1.29 is 4.79 Å². The van der Waals surface area contributed by atoms with Gasteiger partial charge in [0.2, 0.25) is 5.91 Å². The van der Waals surface area contributed by atoms with Crippen molar-refractivity contribution in [3.8, 4) is 0 Å². The fourth-order valence-electron chi connectivity index (χ4n) is 3.22. The Balaban J connectivity index is 2.15. The molecule has 1 fully saturated rings. The van der Waals surface area contributed by atoms with Crippen molar-refractivity contribution in [3.05, 3.63) is 23.4 Å². The van der Waals surface area contributed by atoms with Crippen molar-refractivity contribution in [1.82, 2.24) is 4.98 Å². The molecular formula is C16H22N2O. The topological polar surface area (TPSA) is 33.2 Å². The summed E-state index contributed by atoms with van der Waals surface area (Å²) in [5.74, 6) is 1.19. The Morgan fingerprint density at radius 1 is 1.32 bits per heavy atom. The van der Waals surface area contributed by atoms with Gasteiger partial charge in [-0.1, -0.05) is 33.3 Å². The summed E-state index contributed by atoms with van der Waals surface area (Å²) < 4.78 is 0. The van der Waals surface area contributed by atoms with Crippen LogP contribution in [-0.4, -0.2) is 17.4 Å². The van der Waals surface area contributed by atoms with Crippen molar-refractivity contribution in [2.24, 2.45) is 0 Å². The van der Waals surface area contributed by atoms with Gasteiger partial charge in [-0.05, 0) is 25.8 Å². The van der Waals surface area contributed by atoms with Gasteiger partial charge in [0.05, 0.1) is 5.41 Å². The monoisotopic (exact) mass is 258 g/mol. The molecule has 2 aliphatic rings. The molecule has 1 spiro atoms. The fourth-order valence-corrected chi connectivity index (χ4v) is 3.22. The second-order valence-electron chi connectivity index (χ2n) is 6.80. The molecule has 0 N–H and O–H groups in total. The highest BCUT2D eigenvalue weighted by molar-refractivity contribution is 6.07. The summed E-state index contributed by atoms with van der Waals surface area (Å²) in [5, 5.41) is 0. The molecule has 0 unspecified atom stereocenters. The number of likely N-dealkylation sites (N-methyl/N-ethyl adjacent to an activating group) is 1. The van der Waals surface area contributed by atoms with Crippen molar-refractivity contribution in [3.63, 3.8) is 0 Å². The Kier molecular flexibility index (Phi) is 2.54. The number of nitrogens with zero attached hydrogens (tertiary/aromatic N) is 2. The van der Waals surface area contributed by atoms with Gasteiger partial charge in [0.1, 0.15) is 5.82 Å². The maximum Gasteiger partial charge on any atom is 0.238 e. The summed E-state index contributed by atoms with van der Waals surface area (Å²) in [6, 6.07) is 4.25. The largest absolute Gasteiger partial charge is 0.296 e. The van der Waals surface area contributed by atoms with E-state index in [1.165, 1.54) is 5.56 Å². The summed E-state index contributed by atoms with van der Waals surface area (Å²) in [5.41, 5.74) is 2.02. The minimum absolute atomic E-state index is 0.0207. The third-order valence-electron chi connectivity index (χ3n) is 4.59. The molecular weight excluding hydrogens is 236 g/mol. The molecule has 3 rings (SSSR count). The molecule has 1 saturated carbocycles. The molecule has 102 valence electrons. The van der Waals surface area contributed by atoms with Crippen LogP contribution in [0.5, 0.6) is 0 Å². The van der Waals surface area contributed by atoms with E-state index < -0.39 is 0 Å². The quantitative estimate of drug-likeness (QED) is 0.775. The highest BCUT2D eigenvalue weighted by atomic mass is 16.2. The molecule has 3 nitrogen and oxygen atoms in total. The second-order valence-corrected chi connectivity index (χ2v) is 6.80. The summed E-state index contributed by atoms with van der Waals surface area (Å²) >= 11 is 0. The Labute approximate surface area is 115 Å². The molecule has 1 aliphatic heterocycles. The molecule has 1 amide bonds. The van der Waals surface area contributed by atoms with E-state index in [2.05, 4.69) is 32.9 Å². The SMILES string of the molecule is CCN1C(=O)C2(CCC2)c2ccc(C(C)(C)C)nc21. The lowest BCUT2D eigenvalue weighted by Gasteiger charge is -2.36. The lowest BCUT2D eigenvalue weighted by Crippen LogP contribution is -2.45. The maximum atomic E-state index is 12.6. The smallest absolute Gasteiger partial charge is 0.238 e. The third kappa shape index (κ3) is 1.57. The maximum absolute atomic E-state index is 12.6. The summed E-state index contributed by atoms with van der Waals surface area (Å²) in [6.07, 6.45) is 3.14. The van der Waals surface area contributed by atoms with Crippen LogP contribution in [0, 0.1) is 0 Å². The van der Waals surface area contributed by atoms with E-state index in [0.29, 0.717) is 6.54 Å². The normalized spacial score (nSPS) is 20.6. The number of fused-ring (bicyclic) bond motifs is 2. The predicted octanol–water partition coefficient (Wildman–Crippen LogP) is 3.17. The van der Waals surface area contributed by atoms with Crippen molar-refractivity contribution >= 4 is 11.7 Å². The van der Waals surface area contributed by atoms with Crippen LogP contribution in [0.25, 0.3) is 0 Å². The number of anilines is 1. The molecule has 3 heteroatoms. The van der Waals surface area contributed by atoms with Gasteiger partial charge in [-0.25, -0.2) is 4.98 Å². The molecule has 1 aromatic rings. The zero-order chi connectivity index (χ0) is 13.8. The number of aromatic nitrogens is 1. The minimum atomic E-state index is -0.227. The summed E-state index contributed by atoms with van der Waals surface area (Å²) in [7, 11) is 0. The standard InChI is InChI=1S/C16H22N2O/c1-5-18-13-11(16(14(18)19)9-6-10-16)7-8-12(17-13)15(2,3)4/h7-8H,5-6,9-10H2,1-4H3. The van der Waals surface area contributed by atoms with Crippen LogP contribution < -0.4 is 4.90 Å². The van der Waals surface area contributed by atoms with E-state index in [-0.39, 0.29) is 16.7 Å². The van der Waals surface area contributed by atoms with Gasteiger partial charge < -0.3 is 0 Å².